The lowest BCUT2D eigenvalue weighted by Crippen LogP contribution is -2.21. The maximum atomic E-state index is 10.9. The Morgan fingerprint density at radius 1 is 1.53 bits per heavy atom. The van der Waals surface area contributed by atoms with Gasteiger partial charge in [0.15, 0.2) is 0 Å². The monoisotopic (exact) mass is 214 g/mol. The number of esters is 1. The smallest absolute Gasteiger partial charge is 0.303 e. The van der Waals surface area contributed by atoms with E-state index in [9.17, 15) is 4.79 Å². The van der Waals surface area contributed by atoms with Gasteiger partial charge in [-0.1, -0.05) is 6.58 Å². The van der Waals surface area contributed by atoms with E-state index in [1.165, 1.54) is 6.92 Å². The van der Waals surface area contributed by atoms with Gasteiger partial charge >= 0.3 is 5.97 Å². The quantitative estimate of drug-likeness (QED) is 0.520. The summed E-state index contributed by atoms with van der Waals surface area (Å²) in [7, 11) is 3.29. The van der Waals surface area contributed by atoms with Crippen molar-refractivity contribution in [3.8, 4) is 0 Å². The lowest BCUT2D eigenvalue weighted by Gasteiger charge is -2.17. The molecule has 0 amide bonds. The minimum absolute atomic E-state index is 0.0294. The van der Waals surface area contributed by atoms with Gasteiger partial charge in [0.2, 0.25) is 0 Å². The summed E-state index contributed by atoms with van der Waals surface area (Å²) >= 11 is 0. The highest BCUT2D eigenvalue weighted by Gasteiger charge is 2.39. The van der Waals surface area contributed by atoms with Gasteiger partial charge in [-0.25, -0.2) is 0 Å². The van der Waals surface area contributed by atoms with Crippen LogP contribution in [0.3, 0.4) is 0 Å². The normalized spacial score (nSPS) is 30.6. The van der Waals surface area contributed by atoms with E-state index in [2.05, 4.69) is 6.58 Å². The Kier molecular flexibility index (Phi) is 4.29. The molecule has 1 fully saturated rings. The van der Waals surface area contributed by atoms with Gasteiger partial charge in [-0.05, 0) is 5.57 Å². The first-order chi connectivity index (χ1) is 7.10. The van der Waals surface area contributed by atoms with E-state index in [0.29, 0.717) is 13.0 Å². The van der Waals surface area contributed by atoms with E-state index >= 15 is 0 Å². The Labute approximate surface area is 90.2 Å². The molecule has 3 atom stereocenters. The second kappa shape index (κ2) is 5.28. The zero-order chi connectivity index (χ0) is 11.4. The number of methoxy groups -OCH3 is 2. The number of hydrogen-bond acceptors (Lipinski definition) is 4. The summed E-state index contributed by atoms with van der Waals surface area (Å²) in [5.41, 5.74) is 0.888. The first-order valence-corrected chi connectivity index (χ1v) is 4.97. The van der Waals surface area contributed by atoms with E-state index in [1.807, 2.05) is 0 Å². The van der Waals surface area contributed by atoms with Crippen molar-refractivity contribution in [2.24, 2.45) is 5.92 Å². The SMILES string of the molecule is C=C1[C@H](OC(C)=O)C[C@H](OC)[C@H]1COC. The molecule has 0 bridgehead atoms. The molecule has 0 aliphatic heterocycles. The van der Waals surface area contributed by atoms with E-state index in [4.69, 9.17) is 14.2 Å². The number of carbonyl (C=O) groups excluding carboxylic acids is 1. The van der Waals surface area contributed by atoms with Crippen LogP contribution in [0.4, 0.5) is 0 Å². The summed E-state index contributed by atoms with van der Waals surface area (Å²) in [6.45, 7) is 5.90. The molecule has 15 heavy (non-hydrogen) atoms. The molecule has 0 saturated heterocycles. The van der Waals surface area contributed by atoms with Gasteiger partial charge in [0, 0.05) is 33.5 Å². The fourth-order valence-corrected chi connectivity index (χ4v) is 1.98. The summed E-state index contributed by atoms with van der Waals surface area (Å²) in [6.07, 6.45) is 0.470. The van der Waals surface area contributed by atoms with E-state index in [1.54, 1.807) is 14.2 Å². The summed E-state index contributed by atoms with van der Waals surface area (Å²) in [5, 5.41) is 0. The third-order valence-corrected chi connectivity index (χ3v) is 2.74. The van der Waals surface area contributed by atoms with Crippen LogP contribution in [0, 0.1) is 5.92 Å². The van der Waals surface area contributed by atoms with Gasteiger partial charge in [-0.3, -0.25) is 4.79 Å². The summed E-state index contributed by atoms with van der Waals surface area (Å²) in [5.74, 6) is -0.168. The minimum atomic E-state index is -0.283. The molecule has 0 aromatic rings. The topological polar surface area (TPSA) is 44.8 Å². The Morgan fingerprint density at radius 2 is 2.20 bits per heavy atom. The predicted molar refractivity (Wildman–Crippen MR) is 55.5 cm³/mol. The van der Waals surface area contributed by atoms with Gasteiger partial charge in [0.05, 0.1) is 12.7 Å². The first-order valence-electron chi connectivity index (χ1n) is 4.97. The standard InChI is InChI=1S/C11H18O4/c1-7-9(6-13-3)11(14-4)5-10(7)15-8(2)12/h9-11H,1,5-6H2,2-4H3/t9-,10+,11-/m0/s1. The van der Waals surface area contributed by atoms with Crippen molar-refractivity contribution in [1.82, 2.24) is 0 Å². The molecule has 1 aliphatic rings. The fourth-order valence-electron chi connectivity index (χ4n) is 1.98. The molecule has 1 rings (SSSR count). The van der Waals surface area contributed by atoms with Crippen molar-refractivity contribution >= 4 is 5.97 Å². The number of carbonyl (C=O) groups is 1. The van der Waals surface area contributed by atoms with Crippen molar-refractivity contribution in [3.05, 3.63) is 12.2 Å². The predicted octanol–water partition coefficient (Wildman–Crippen LogP) is 1.16. The number of rotatable bonds is 4. The Hall–Kier alpha value is -0.870. The lowest BCUT2D eigenvalue weighted by atomic mass is 10.0. The van der Waals surface area contributed by atoms with Crippen LogP contribution >= 0.6 is 0 Å². The Bertz CT molecular complexity index is 249. The van der Waals surface area contributed by atoms with Crippen LogP contribution < -0.4 is 0 Å². The van der Waals surface area contributed by atoms with Gasteiger partial charge in [-0.2, -0.15) is 0 Å². The molecule has 4 heteroatoms. The zero-order valence-electron chi connectivity index (χ0n) is 9.49. The molecule has 0 radical (unpaired) electrons. The number of hydrogen-bond donors (Lipinski definition) is 0. The van der Waals surface area contributed by atoms with Crippen molar-refractivity contribution < 1.29 is 19.0 Å². The Morgan fingerprint density at radius 3 is 2.67 bits per heavy atom. The molecule has 0 N–H and O–H groups in total. The van der Waals surface area contributed by atoms with Crippen LogP contribution in [0.15, 0.2) is 12.2 Å². The molecule has 1 aliphatic carbocycles. The van der Waals surface area contributed by atoms with Gasteiger partial charge < -0.3 is 14.2 Å². The third kappa shape index (κ3) is 2.79. The van der Waals surface area contributed by atoms with Gasteiger partial charge in [0.1, 0.15) is 6.10 Å². The van der Waals surface area contributed by atoms with Crippen LogP contribution in [0.25, 0.3) is 0 Å². The second-order valence-corrected chi connectivity index (χ2v) is 3.74. The molecule has 0 aromatic carbocycles. The molecule has 1 saturated carbocycles. The summed E-state index contributed by atoms with van der Waals surface area (Å²) < 4.78 is 15.6. The largest absolute Gasteiger partial charge is 0.458 e. The maximum absolute atomic E-state index is 10.9. The highest BCUT2D eigenvalue weighted by Crippen LogP contribution is 2.34. The van der Waals surface area contributed by atoms with Crippen molar-refractivity contribution in [3.63, 3.8) is 0 Å². The first kappa shape index (κ1) is 12.2. The summed E-state index contributed by atoms with van der Waals surface area (Å²) in [6, 6.07) is 0. The highest BCUT2D eigenvalue weighted by molar-refractivity contribution is 5.66. The average Bonchev–Trinajstić information content (AvgIpc) is 2.46. The van der Waals surface area contributed by atoms with Crippen LogP contribution in [-0.2, 0) is 19.0 Å². The molecule has 86 valence electrons. The molecular formula is C11H18O4. The second-order valence-electron chi connectivity index (χ2n) is 3.74. The number of ether oxygens (including phenoxy) is 3. The molecule has 4 nitrogen and oxygen atoms in total. The molecular weight excluding hydrogens is 196 g/mol. The van der Waals surface area contributed by atoms with Crippen LogP contribution in [-0.4, -0.2) is 39.0 Å². The van der Waals surface area contributed by atoms with E-state index in [-0.39, 0.29) is 24.1 Å². The Balaban J connectivity index is 2.65. The maximum Gasteiger partial charge on any atom is 0.303 e. The van der Waals surface area contributed by atoms with Crippen LogP contribution in [0.5, 0.6) is 0 Å². The fraction of sp³-hybridized carbons (Fsp3) is 0.727. The van der Waals surface area contributed by atoms with Crippen molar-refractivity contribution in [2.75, 3.05) is 20.8 Å². The minimum Gasteiger partial charge on any atom is -0.458 e. The van der Waals surface area contributed by atoms with E-state index < -0.39 is 0 Å². The average molecular weight is 214 g/mol. The third-order valence-electron chi connectivity index (χ3n) is 2.74. The lowest BCUT2D eigenvalue weighted by molar-refractivity contribution is -0.144. The van der Waals surface area contributed by atoms with Gasteiger partial charge in [-0.15, -0.1) is 0 Å². The van der Waals surface area contributed by atoms with Crippen molar-refractivity contribution in [2.45, 2.75) is 25.6 Å². The molecule has 0 spiro atoms. The molecule has 0 unspecified atom stereocenters. The van der Waals surface area contributed by atoms with Crippen molar-refractivity contribution in [1.29, 1.82) is 0 Å². The van der Waals surface area contributed by atoms with E-state index in [0.717, 1.165) is 5.57 Å². The van der Waals surface area contributed by atoms with Crippen LogP contribution in [0.1, 0.15) is 13.3 Å². The molecule has 0 heterocycles. The zero-order valence-corrected chi connectivity index (χ0v) is 9.49. The van der Waals surface area contributed by atoms with Gasteiger partial charge in [0.25, 0.3) is 0 Å². The highest BCUT2D eigenvalue weighted by atomic mass is 16.5. The molecule has 0 aromatic heterocycles. The van der Waals surface area contributed by atoms with Crippen LogP contribution in [0.2, 0.25) is 0 Å². The summed E-state index contributed by atoms with van der Waals surface area (Å²) in [4.78, 5) is 10.9.